The van der Waals surface area contributed by atoms with Crippen LogP contribution in [0, 0.1) is 0 Å². The van der Waals surface area contributed by atoms with Crippen molar-refractivity contribution in [1.82, 2.24) is 9.55 Å². The topological polar surface area (TPSA) is 114 Å². The van der Waals surface area contributed by atoms with Crippen LogP contribution in [0.1, 0.15) is 19.6 Å². The van der Waals surface area contributed by atoms with E-state index >= 15 is 0 Å². The van der Waals surface area contributed by atoms with Gasteiger partial charge in [0.1, 0.15) is 18.1 Å². The molecule has 19 heavy (non-hydrogen) atoms. The highest BCUT2D eigenvalue weighted by molar-refractivity contribution is 5.87. The van der Waals surface area contributed by atoms with Crippen LogP contribution in [0.5, 0.6) is 0 Å². The van der Waals surface area contributed by atoms with Crippen molar-refractivity contribution < 1.29 is 19.7 Å². The Kier molecular flexibility index (Phi) is 3.93. The molecule has 0 aromatic carbocycles. The highest BCUT2D eigenvalue weighted by Gasteiger charge is 2.34. The Hall–Kier alpha value is -1.77. The van der Waals surface area contributed by atoms with E-state index in [1.165, 1.54) is 23.8 Å². The van der Waals surface area contributed by atoms with E-state index in [1.807, 2.05) is 0 Å². The molecule has 1 aliphatic heterocycles. The molecule has 1 aliphatic rings. The first-order valence-corrected chi connectivity index (χ1v) is 5.82. The van der Waals surface area contributed by atoms with Crippen LogP contribution in [0.2, 0.25) is 0 Å². The minimum Gasteiger partial charge on any atom is -0.394 e. The number of hydrogen-bond acceptors (Lipinski definition) is 6. The van der Waals surface area contributed by atoms with E-state index in [1.54, 1.807) is 0 Å². The van der Waals surface area contributed by atoms with Gasteiger partial charge in [0.25, 0.3) is 0 Å². The average Bonchev–Trinajstić information content (AvgIpc) is 2.69. The molecule has 1 aromatic rings. The number of aliphatic hydroxyl groups excluding tert-OH is 2. The molecule has 2 rings (SSSR count). The lowest BCUT2D eigenvalue weighted by molar-refractivity contribution is -0.114. The number of nitrogens with one attached hydrogen (secondary N) is 1. The van der Waals surface area contributed by atoms with Crippen molar-refractivity contribution in [2.75, 3.05) is 11.9 Å². The SMILES string of the molecule is CC(=O)Nc1ccn(C2CC(O)C(CO)O2)c(=O)n1. The van der Waals surface area contributed by atoms with Crippen LogP contribution < -0.4 is 11.0 Å². The molecule has 1 saturated heterocycles. The third kappa shape index (κ3) is 2.98. The third-order valence-corrected chi connectivity index (χ3v) is 2.83. The number of nitrogens with zero attached hydrogens (tertiary/aromatic N) is 2. The molecule has 1 amide bonds. The lowest BCUT2D eigenvalue weighted by Gasteiger charge is -2.14. The van der Waals surface area contributed by atoms with Crippen LogP contribution in [0.15, 0.2) is 17.1 Å². The normalized spacial score (nSPS) is 26.4. The summed E-state index contributed by atoms with van der Waals surface area (Å²) in [5.74, 6) is -0.163. The van der Waals surface area contributed by atoms with Crippen molar-refractivity contribution in [1.29, 1.82) is 0 Å². The first-order valence-electron chi connectivity index (χ1n) is 5.82. The summed E-state index contributed by atoms with van der Waals surface area (Å²) in [6.07, 6.45) is -0.563. The Balaban J connectivity index is 2.18. The fourth-order valence-electron chi connectivity index (χ4n) is 1.93. The quantitative estimate of drug-likeness (QED) is 0.638. The van der Waals surface area contributed by atoms with Crippen molar-refractivity contribution in [2.24, 2.45) is 0 Å². The predicted molar refractivity (Wildman–Crippen MR) is 64.4 cm³/mol. The highest BCUT2D eigenvalue weighted by Crippen LogP contribution is 2.27. The minimum absolute atomic E-state index is 0.158. The molecule has 3 N–H and O–H groups in total. The molecule has 1 fully saturated rings. The molecule has 0 aliphatic carbocycles. The van der Waals surface area contributed by atoms with E-state index in [9.17, 15) is 14.7 Å². The summed E-state index contributed by atoms with van der Waals surface area (Å²) in [4.78, 5) is 26.3. The molecule has 0 saturated carbocycles. The Morgan fingerprint density at radius 1 is 1.68 bits per heavy atom. The number of rotatable bonds is 3. The maximum atomic E-state index is 11.8. The van der Waals surface area contributed by atoms with Gasteiger partial charge < -0.3 is 20.3 Å². The minimum atomic E-state index is -0.822. The lowest BCUT2D eigenvalue weighted by Crippen LogP contribution is -2.28. The van der Waals surface area contributed by atoms with Gasteiger partial charge in [-0.3, -0.25) is 9.36 Å². The van der Waals surface area contributed by atoms with E-state index < -0.39 is 24.1 Å². The van der Waals surface area contributed by atoms with Gasteiger partial charge in [0.05, 0.1) is 12.7 Å². The van der Waals surface area contributed by atoms with E-state index in [2.05, 4.69) is 10.3 Å². The van der Waals surface area contributed by atoms with Crippen molar-refractivity contribution in [2.45, 2.75) is 31.8 Å². The molecular formula is C11H15N3O5. The van der Waals surface area contributed by atoms with Gasteiger partial charge in [-0.05, 0) is 6.07 Å². The van der Waals surface area contributed by atoms with Crippen LogP contribution in [0.4, 0.5) is 5.82 Å². The number of aromatic nitrogens is 2. The first-order chi connectivity index (χ1) is 9.01. The molecule has 2 heterocycles. The largest absolute Gasteiger partial charge is 0.394 e. The fraction of sp³-hybridized carbons (Fsp3) is 0.545. The number of anilines is 1. The summed E-state index contributed by atoms with van der Waals surface area (Å²) < 4.78 is 6.56. The summed E-state index contributed by atoms with van der Waals surface area (Å²) in [7, 11) is 0. The molecule has 3 unspecified atom stereocenters. The third-order valence-electron chi connectivity index (χ3n) is 2.83. The van der Waals surface area contributed by atoms with Crippen LogP contribution in [-0.2, 0) is 9.53 Å². The Bertz CT molecular complexity index is 529. The molecule has 0 radical (unpaired) electrons. The zero-order valence-corrected chi connectivity index (χ0v) is 10.3. The lowest BCUT2D eigenvalue weighted by atomic mass is 10.2. The number of ether oxygens (including phenoxy) is 1. The number of aliphatic hydroxyl groups is 2. The molecule has 8 nitrogen and oxygen atoms in total. The second-order valence-electron chi connectivity index (χ2n) is 4.30. The smallest absolute Gasteiger partial charge is 0.351 e. The van der Waals surface area contributed by atoms with Crippen molar-refractivity contribution in [3.8, 4) is 0 Å². The number of carbonyl (C=O) groups excluding carboxylic acids is 1. The van der Waals surface area contributed by atoms with Gasteiger partial charge in [0.2, 0.25) is 5.91 Å². The standard InChI is InChI=1S/C11H15N3O5/c1-6(16)12-9-2-3-14(11(18)13-9)10-4-7(17)8(5-15)19-10/h2-3,7-8,10,15,17H,4-5H2,1H3,(H,12,13,16,18). The summed E-state index contributed by atoms with van der Waals surface area (Å²) >= 11 is 0. The van der Waals surface area contributed by atoms with E-state index in [0.29, 0.717) is 0 Å². The number of carbonyl (C=O) groups is 1. The molecular weight excluding hydrogens is 254 g/mol. The predicted octanol–water partition coefficient (Wildman–Crippen LogP) is -1.16. The van der Waals surface area contributed by atoms with Crippen molar-refractivity contribution in [3.05, 3.63) is 22.7 Å². The van der Waals surface area contributed by atoms with E-state index in [0.717, 1.165) is 0 Å². The molecule has 3 atom stereocenters. The number of amides is 1. The first kappa shape index (κ1) is 13.7. The van der Waals surface area contributed by atoms with E-state index in [4.69, 9.17) is 9.84 Å². The van der Waals surface area contributed by atoms with Gasteiger partial charge in [-0.1, -0.05) is 0 Å². The molecule has 104 valence electrons. The van der Waals surface area contributed by atoms with Crippen LogP contribution in [-0.4, -0.2) is 44.5 Å². The molecule has 0 bridgehead atoms. The molecule has 8 heteroatoms. The second kappa shape index (κ2) is 5.47. The van der Waals surface area contributed by atoms with Gasteiger partial charge >= 0.3 is 5.69 Å². The average molecular weight is 269 g/mol. The maximum absolute atomic E-state index is 11.8. The summed E-state index contributed by atoms with van der Waals surface area (Å²) in [5.41, 5.74) is -0.595. The van der Waals surface area contributed by atoms with Gasteiger partial charge in [0.15, 0.2) is 0 Å². The fourth-order valence-corrected chi connectivity index (χ4v) is 1.93. The zero-order valence-electron chi connectivity index (χ0n) is 10.3. The Morgan fingerprint density at radius 3 is 2.95 bits per heavy atom. The van der Waals surface area contributed by atoms with Crippen LogP contribution in [0.25, 0.3) is 0 Å². The maximum Gasteiger partial charge on any atom is 0.351 e. The molecule has 0 spiro atoms. The second-order valence-corrected chi connectivity index (χ2v) is 4.30. The van der Waals surface area contributed by atoms with Gasteiger partial charge in [-0.2, -0.15) is 4.98 Å². The van der Waals surface area contributed by atoms with Crippen LogP contribution in [0.3, 0.4) is 0 Å². The highest BCUT2D eigenvalue weighted by atomic mass is 16.5. The number of hydrogen-bond donors (Lipinski definition) is 3. The van der Waals surface area contributed by atoms with Crippen LogP contribution >= 0.6 is 0 Å². The zero-order chi connectivity index (χ0) is 14.0. The van der Waals surface area contributed by atoms with E-state index in [-0.39, 0.29) is 24.8 Å². The van der Waals surface area contributed by atoms with Gasteiger partial charge in [-0.15, -0.1) is 0 Å². The van der Waals surface area contributed by atoms with Gasteiger partial charge in [-0.25, -0.2) is 4.79 Å². The Labute approximate surface area is 108 Å². The summed E-state index contributed by atoms with van der Waals surface area (Å²) in [6.45, 7) is 0.999. The summed E-state index contributed by atoms with van der Waals surface area (Å²) in [6, 6.07) is 1.46. The molecule has 1 aromatic heterocycles. The van der Waals surface area contributed by atoms with Crippen molar-refractivity contribution in [3.63, 3.8) is 0 Å². The monoisotopic (exact) mass is 269 g/mol. The Morgan fingerprint density at radius 2 is 2.42 bits per heavy atom. The summed E-state index contributed by atoms with van der Waals surface area (Å²) in [5, 5.41) is 21.0. The van der Waals surface area contributed by atoms with Gasteiger partial charge in [0, 0.05) is 19.5 Å². The van der Waals surface area contributed by atoms with Crippen molar-refractivity contribution >= 4 is 11.7 Å².